The number of nitrogens with zero attached hydrogens (tertiary/aromatic N) is 3. The highest BCUT2D eigenvalue weighted by molar-refractivity contribution is 7.99. The third-order valence-corrected chi connectivity index (χ3v) is 9.25. The Morgan fingerprint density at radius 1 is 1.00 bits per heavy atom. The van der Waals surface area contributed by atoms with Crippen LogP contribution in [0.1, 0.15) is 33.3 Å². The molecule has 1 aliphatic heterocycles. The summed E-state index contributed by atoms with van der Waals surface area (Å²) >= 11 is 2.80. The molecule has 0 aliphatic carbocycles. The first-order chi connectivity index (χ1) is 21.0. The van der Waals surface area contributed by atoms with Gasteiger partial charge in [-0.2, -0.15) is 0 Å². The van der Waals surface area contributed by atoms with Crippen LogP contribution in [0.5, 0.6) is 0 Å². The van der Waals surface area contributed by atoms with E-state index in [0.29, 0.717) is 38.9 Å². The number of aromatic nitrogens is 2. The van der Waals surface area contributed by atoms with Gasteiger partial charge in [0.25, 0.3) is 5.56 Å². The number of hydrogen-bond acceptors (Lipinski definition) is 8. The molecule has 0 spiro atoms. The lowest BCUT2D eigenvalue weighted by Gasteiger charge is -2.26. The number of para-hydroxylation sites is 1. The smallest absolute Gasteiger partial charge is 0.338 e. The van der Waals surface area contributed by atoms with Gasteiger partial charge in [-0.15, -0.1) is 11.3 Å². The molecule has 0 radical (unpaired) electrons. The standard InChI is InChI=1S/C33H30N4O4S2/c1-2-41-32(40)23-13-15-24(16-14-23)34-28(38)21-42-33-35-30-29(31(39)37(33)25-11-7-4-8-12-25)26-17-18-36(20-27(26)43-30)19-22-9-5-3-6-10-22/h3-16H,2,17-21H2,1H3,(H,34,38). The fraction of sp³-hybridized carbons (Fsp3) is 0.212. The molecule has 1 aliphatic rings. The van der Waals surface area contributed by atoms with Gasteiger partial charge in [0.05, 0.1) is 29.0 Å². The summed E-state index contributed by atoms with van der Waals surface area (Å²) in [4.78, 5) is 48.1. The highest BCUT2D eigenvalue weighted by Gasteiger charge is 2.26. The Balaban J connectivity index is 1.25. The van der Waals surface area contributed by atoms with Gasteiger partial charge in [0.2, 0.25) is 5.91 Å². The zero-order valence-corrected chi connectivity index (χ0v) is 25.2. The van der Waals surface area contributed by atoms with Gasteiger partial charge < -0.3 is 10.1 Å². The van der Waals surface area contributed by atoms with Crippen molar-refractivity contribution in [2.24, 2.45) is 0 Å². The van der Waals surface area contributed by atoms with E-state index < -0.39 is 5.97 Å². The van der Waals surface area contributed by atoms with Crippen LogP contribution in [-0.4, -0.2) is 45.2 Å². The Bertz CT molecular complexity index is 1820. The van der Waals surface area contributed by atoms with Gasteiger partial charge in [0.15, 0.2) is 5.16 Å². The summed E-state index contributed by atoms with van der Waals surface area (Å²) in [5.74, 6) is -0.597. The van der Waals surface area contributed by atoms with Crippen LogP contribution in [0.15, 0.2) is 94.9 Å². The molecular weight excluding hydrogens is 581 g/mol. The number of anilines is 1. The average molecular weight is 611 g/mol. The summed E-state index contributed by atoms with van der Waals surface area (Å²) in [6, 6.07) is 26.4. The van der Waals surface area contributed by atoms with Crippen LogP contribution in [-0.2, 0) is 29.0 Å². The molecule has 0 saturated heterocycles. The van der Waals surface area contributed by atoms with Gasteiger partial charge in [-0.05, 0) is 60.9 Å². The van der Waals surface area contributed by atoms with Gasteiger partial charge in [-0.3, -0.25) is 19.1 Å². The van der Waals surface area contributed by atoms with E-state index in [1.165, 1.54) is 22.2 Å². The Kier molecular flexibility index (Phi) is 8.69. The van der Waals surface area contributed by atoms with Gasteiger partial charge in [0, 0.05) is 30.2 Å². The maximum absolute atomic E-state index is 14.1. The SMILES string of the molecule is CCOC(=O)c1ccc(NC(=O)CSc2nc3sc4c(c3c(=O)n2-c2ccccc2)CCN(Cc2ccccc2)C4)cc1. The van der Waals surface area contributed by atoms with Crippen molar-refractivity contribution in [3.8, 4) is 5.69 Å². The number of rotatable bonds is 9. The minimum atomic E-state index is -0.407. The Hall–Kier alpha value is -4.25. The third kappa shape index (κ3) is 6.41. The maximum atomic E-state index is 14.1. The van der Waals surface area contributed by atoms with Crippen LogP contribution in [0.2, 0.25) is 0 Å². The molecule has 3 aromatic carbocycles. The van der Waals surface area contributed by atoms with E-state index in [1.54, 1.807) is 47.1 Å². The molecule has 10 heteroatoms. The van der Waals surface area contributed by atoms with Crippen molar-refractivity contribution in [1.29, 1.82) is 0 Å². The topological polar surface area (TPSA) is 93.5 Å². The van der Waals surface area contributed by atoms with Crippen LogP contribution in [0.25, 0.3) is 15.9 Å². The lowest BCUT2D eigenvalue weighted by atomic mass is 10.0. The lowest BCUT2D eigenvalue weighted by molar-refractivity contribution is -0.113. The predicted molar refractivity (Wildman–Crippen MR) is 171 cm³/mol. The van der Waals surface area contributed by atoms with E-state index in [9.17, 15) is 14.4 Å². The Morgan fingerprint density at radius 2 is 1.72 bits per heavy atom. The predicted octanol–water partition coefficient (Wildman–Crippen LogP) is 5.91. The molecule has 8 nitrogen and oxygen atoms in total. The number of carbonyl (C=O) groups excluding carboxylic acids is 2. The highest BCUT2D eigenvalue weighted by Crippen LogP contribution is 2.34. The number of fused-ring (bicyclic) bond motifs is 3. The van der Waals surface area contributed by atoms with E-state index in [2.05, 4.69) is 34.5 Å². The van der Waals surface area contributed by atoms with Crippen LogP contribution in [0.4, 0.5) is 5.69 Å². The molecule has 3 heterocycles. The summed E-state index contributed by atoms with van der Waals surface area (Å²) in [6.45, 7) is 4.55. The van der Waals surface area contributed by atoms with Crippen LogP contribution < -0.4 is 10.9 Å². The van der Waals surface area contributed by atoms with Gasteiger partial charge >= 0.3 is 5.97 Å². The van der Waals surface area contributed by atoms with E-state index in [4.69, 9.17) is 9.72 Å². The lowest BCUT2D eigenvalue weighted by Crippen LogP contribution is -2.30. The van der Waals surface area contributed by atoms with E-state index in [-0.39, 0.29) is 17.2 Å². The molecule has 0 fully saturated rings. The molecule has 0 unspecified atom stereocenters. The normalized spacial score (nSPS) is 13.0. The third-order valence-electron chi connectivity index (χ3n) is 7.20. The molecule has 2 aromatic heterocycles. The Labute approximate surface area is 257 Å². The molecule has 43 heavy (non-hydrogen) atoms. The molecular formula is C33H30N4O4S2. The first-order valence-corrected chi connectivity index (χ1v) is 15.9. The number of amides is 1. The molecule has 0 bridgehead atoms. The van der Waals surface area contributed by atoms with Crippen molar-refractivity contribution in [3.05, 3.63) is 117 Å². The maximum Gasteiger partial charge on any atom is 0.338 e. The first kappa shape index (κ1) is 28.9. The summed E-state index contributed by atoms with van der Waals surface area (Å²) < 4.78 is 6.64. The fourth-order valence-corrected chi connectivity index (χ4v) is 7.30. The molecule has 218 valence electrons. The number of thiophene rings is 1. The highest BCUT2D eigenvalue weighted by atomic mass is 32.2. The van der Waals surface area contributed by atoms with Gasteiger partial charge in [0.1, 0.15) is 4.83 Å². The van der Waals surface area contributed by atoms with Crippen molar-refractivity contribution in [1.82, 2.24) is 14.5 Å². The number of esters is 1. The molecule has 0 atom stereocenters. The second-order valence-corrected chi connectivity index (χ2v) is 12.2. The van der Waals surface area contributed by atoms with Crippen molar-refractivity contribution in [3.63, 3.8) is 0 Å². The Morgan fingerprint density at radius 3 is 2.44 bits per heavy atom. The van der Waals surface area contributed by atoms with Gasteiger partial charge in [-0.1, -0.05) is 60.3 Å². The molecule has 5 aromatic rings. The van der Waals surface area contributed by atoms with Crippen molar-refractivity contribution < 1.29 is 14.3 Å². The number of thioether (sulfide) groups is 1. The molecule has 1 amide bonds. The quantitative estimate of drug-likeness (QED) is 0.126. The number of ether oxygens (including phenoxy) is 1. The summed E-state index contributed by atoms with van der Waals surface area (Å²) in [5, 5.41) is 4.00. The number of hydrogen-bond donors (Lipinski definition) is 1. The fourth-order valence-electron chi connectivity index (χ4n) is 5.19. The van der Waals surface area contributed by atoms with Crippen molar-refractivity contribution in [2.75, 3.05) is 24.2 Å². The van der Waals surface area contributed by atoms with Crippen LogP contribution in [0, 0.1) is 0 Å². The van der Waals surface area contributed by atoms with Crippen molar-refractivity contribution >= 4 is 50.9 Å². The van der Waals surface area contributed by atoms with E-state index >= 15 is 0 Å². The minimum absolute atomic E-state index is 0.0559. The average Bonchev–Trinajstić information content (AvgIpc) is 3.39. The summed E-state index contributed by atoms with van der Waals surface area (Å²) in [7, 11) is 0. The number of benzene rings is 3. The van der Waals surface area contributed by atoms with E-state index in [0.717, 1.165) is 31.6 Å². The molecule has 1 N–H and O–H groups in total. The van der Waals surface area contributed by atoms with Crippen molar-refractivity contribution in [2.45, 2.75) is 31.6 Å². The van der Waals surface area contributed by atoms with Crippen LogP contribution in [0.3, 0.4) is 0 Å². The second kappa shape index (κ2) is 12.9. The zero-order valence-electron chi connectivity index (χ0n) is 23.6. The van der Waals surface area contributed by atoms with Gasteiger partial charge in [-0.25, -0.2) is 9.78 Å². The second-order valence-electron chi connectivity index (χ2n) is 10.1. The van der Waals surface area contributed by atoms with E-state index in [1.807, 2.05) is 36.4 Å². The van der Waals surface area contributed by atoms with Crippen LogP contribution >= 0.6 is 23.1 Å². The first-order valence-electron chi connectivity index (χ1n) is 14.1. The molecule has 0 saturated carbocycles. The summed E-state index contributed by atoms with van der Waals surface area (Å²) in [5.41, 5.74) is 3.94. The minimum Gasteiger partial charge on any atom is -0.462 e. The molecule has 6 rings (SSSR count). The monoisotopic (exact) mass is 610 g/mol. The zero-order chi connectivity index (χ0) is 29.8. The number of carbonyl (C=O) groups is 2. The summed E-state index contributed by atoms with van der Waals surface area (Å²) in [6.07, 6.45) is 0.789. The largest absolute Gasteiger partial charge is 0.462 e. The number of nitrogens with one attached hydrogen (secondary N) is 1.